The van der Waals surface area contributed by atoms with Crippen molar-refractivity contribution in [1.29, 1.82) is 0 Å². The van der Waals surface area contributed by atoms with Crippen LogP contribution in [-0.4, -0.2) is 9.55 Å². The number of aromatic nitrogens is 2. The molecular formula is C20H23ClN4OS. The zero-order chi connectivity index (χ0) is 19.3. The number of rotatable bonds is 2. The fourth-order valence-electron chi connectivity index (χ4n) is 3.92. The van der Waals surface area contributed by atoms with Crippen LogP contribution in [0.25, 0.3) is 15.9 Å². The van der Waals surface area contributed by atoms with Crippen molar-refractivity contribution >= 4 is 39.1 Å². The molecular weight excluding hydrogens is 380 g/mol. The van der Waals surface area contributed by atoms with Crippen LogP contribution in [0.5, 0.6) is 0 Å². The molecule has 5 nitrogen and oxygen atoms in total. The lowest BCUT2D eigenvalue weighted by atomic mass is 9.72. The van der Waals surface area contributed by atoms with E-state index in [1.165, 1.54) is 9.44 Å². The van der Waals surface area contributed by atoms with Gasteiger partial charge in [0.05, 0.1) is 16.1 Å². The van der Waals surface area contributed by atoms with E-state index in [9.17, 15) is 4.79 Å². The molecule has 0 aliphatic heterocycles. The summed E-state index contributed by atoms with van der Waals surface area (Å²) in [6.07, 6.45) is 2.99. The second-order valence-corrected chi connectivity index (χ2v) is 9.65. The summed E-state index contributed by atoms with van der Waals surface area (Å²) in [5.41, 5.74) is 4.43. The van der Waals surface area contributed by atoms with E-state index >= 15 is 0 Å². The van der Waals surface area contributed by atoms with Crippen molar-refractivity contribution in [1.82, 2.24) is 9.55 Å². The molecule has 0 bridgehead atoms. The summed E-state index contributed by atoms with van der Waals surface area (Å²) in [7, 11) is 0. The Balaban J connectivity index is 1.95. The number of halogens is 1. The summed E-state index contributed by atoms with van der Waals surface area (Å²) >= 11 is 7.96. The molecule has 1 atom stereocenters. The molecule has 2 aromatic heterocycles. The number of nitrogen functional groups attached to an aromatic ring is 1. The number of anilines is 1. The van der Waals surface area contributed by atoms with Crippen molar-refractivity contribution < 1.29 is 0 Å². The molecule has 7 heteroatoms. The van der Waals surface area contributed by atoms with E-state index in [1.807, 2.05) is 12.1 Å². The van der Waals surface area contributed by atoms with Gasteiger partial charge in [-0.3, -0.25) is 10.2 Å². The van der Waals surface area contributed by atoms with Crippen LogP contribution in [-0.2, 0) is 12.8 Å². The Kier molecular flexibility index (Phi) is 4.53. The maximum atomic E-state index is 13.4. The minimum absolute atomic E-state index is 0.118. The smallest absolute Gasteiger partial charge is 0.268 e. The fourth-order valence-corrected chi connectivity index (χ4v) is 5.43. The number of thiophene rings is 1. The molecule has 0 spiro atoms. The van der Waals surface area contributed by atoms with Gasteiger partial charge in [-0.15, -0.1) is 11.3 Å². The van der Waals surface area contributed by atoms with E-state index in [2.05, 4.69) is 31.2 Å². The third kappa shape index (κ3) is 3.06. The third-order valence-electron chi connectivity index (χ3n) is 5.53. The van der Waals surface area contributed by atoms with Crippen molar-refractivity contribution in [2.45, 2.75) is 40.0 Å². The number of fused-ring (bicyclic) bond motifs is 3. The van der Waals surface area contributed by atoms with E-state index in [0.717, 1.165) is 29.7 Å². The van der Waals surface area contributed by atoms with Gasteiger partial charge in [-0.25, -0.2) is 15.4 Å². The minimum Gasteiger partial charge on any atom is -0.293 e. The lowest BCUT2D eigenvalue weighted by molar-refractivity contribution is 0.218. The highest BCUT2D eigenvalue weighted by Gasteiger charge is 2.32. The summed E-state index contributed by atoms with van der Waals surface area (Å²) in [6, 6.07) is 7.23. The predicted molar refractivity (Wildman–Crippen MR) is 113 cm³/mol. The lowest BCUT2D eigenvalue weighted by Gasteiger charge is -2.33. The molecule has 142 valence electrons. The Bertz CT molecular complexity index is 1080. The second-order valence-electron chi connectivity index (χ2n) is 8.16. The van der Waals surface area contributed by atoms with E-state index in [0.29, 0.717) is 28.0 Å². The van der Waals surface area contributed by atoms with E-state index in [-0.39, 0.29) is 11.0 Å². The van der Waals surface area contributed by atoms with Gasteiger partial charge < -0.3 is 0 Å². The summed E-state index contributed by atoms with van der Waals surface area (Å²) in [5.74, 6) is 6.59. The summed E-state index contributed by atoms with van der Waals surface area (Å²) in [4.78, 5) is 20.1. The number of hydrogen-bond acceptors (Lipinski definition) is 5. The highest BCUT2D eigenvalue weighted by molar-refractivity contribution is 7.18. The first-order valence-electron chi connectivity index (χ1n) is 9.10. The lowest BCUT2D eigenvalue weighted by Crippen LogP contribution is -2.28. The number of benzene rings is 1. The van der Waals surface area contributed by atoms with Crippen LogP contribution in [0, 0.1) is 11.3 Å². The quantitative estimate of drug-likeness (QED) is 0.487. The maximum absolute atomic E-state index is 13.4. The molecule has 0 saturated carbocycles. The Morgan fingerprint density at radius 3 is 2.74 bits per heavy atom. The molecule has 1 aromatic carbocycles. The number of nitrogens with two attached hydrogens (primary N) is 1. The van der Waals surface area contributed by atoms with Crippen LogP contribution >= 0.6 is 22.9 Å². The first-order valence-corrected chi connectivity index (χ1v) is 10.3. The normalized spacial score (nSPS) is 17.1. The monoisotopic (exact) mass is 402 g/mol. The number of aryl methyl sites for hydroxylation is 1. The molecule has 0 saturated heterocycles. The average Bonchev–Trinajstić information content (AvgIpc) is 2.99. The van der Waals surface area contributed by atoms with E-state index in [4.69, 9.17) is 17.4 Å². The zero-order valence-corrected chi connectivity index (χ0v) is 17.2. The zero-order valence-electron chi connectivity index (χ0n) is 15.7. The summed E-state index contributed by atoms with van der Waals surface area (Å²) in [6.45, 7) is 6.86. The van der Waals surface area contributed by atoms with E-state index in [1.54, 1.807) is 23.5 Å². The molecule has 3 aromatic rings. The SMILES string of the molecule is CC(C)(C)C1CCc2c(sc3nc(NN)n(-c4ccccc4Cl)c(=O)c23)C1. The van der Waals surface area contributed by atoms with Crippen molar-refractivity contribution in [2.75, 3.05) is 5.43 Å². The molecule has 0 fully saturated rings. The van der Waals surface area contributed by atoms with E-state index < -0.39 is 0 Å². The van der Waals surface area contributed by atoms with Gasteiger partial charge in [0.1, 0.15) is 4.83 Å². The molecule has 0 amide bonds. The van der Waals surface area contributed by atoms with Gasteiger partial charge in [0.15, 0.2) is 0 Å². The third-order valence-corrected chi connectivity index (χ3v) is 7.00. The van der Waals surface area contributed by atoms with Crippen LogP contribution in [0.1, 0.15) is 37.6 Å². The van der Waals surface area contributed by atoms with Crippen LogP contribution < -0.4 is 16.8 Å². The molecule has 2 heterocycles. The maximum Gasteiger partial charge on any atom is 0.268 e. The Morgan fingerprint density at radius 1 is 1.33 bits per heavy atom. The molecule has 1 unspecified atom stereocenters. The van der Waals surface area contributed by atoms with Crippen LogP contribution in [0.4, 0.5) is 5.95 Å². The highest BCUT2D eigenvalue weighted by atomic mass is 35.5. The van der Waals surface area contributed by atoms with Gasteiger partial charge in [-0.1, -0.05) is 44.5 Å². The van der Waals surface area contributed by atoms with Crippen molar-refractivity contribution in [3.05, 3.63) is 50.1 Å². The Morgan fingerprint density at radius 2 is 2.07 bits per heavy atom. The number of hydrazine groups is 1. The minimum atomic E-state index is -0.118. The Hall–Kier alpha value is -1.89. The average molecular weight is 403 g/mol. The molecule has 3 N–H and O–H groups in total. The molecule has 1 aliphatic carbocycles. The number of nitrogens with zero attached hydrogens (tertiary/aromatic N) is 2. The standard InChI is InChI=1S/C20H23ClN4OS/c1-20(2,3)11-8-9-12-15(10-11)27-17-16(12)18(26)25(19(23-17)24-22)14-7-5-4-6-13(14)21/h4-7,11H,8-10,22H2,1-3H3,(H,23,24). The van der Waals surface area contributed by atoms with Crippen LogP contribution in [0.15, 0.2) is 29.1 Å². The molecule has 1 aliphatic rings. The fraction of sp³-hybridized carbons (Fsp3) is 0.400. The largest absolute Gasteiger partial charge is 0.293 e. The van der Waals surface area contributed by atoms with Crippen LogP contribution in [0.2, 0.25) is 5.02 Å². The molecule has 4 rings (SSSR count). The molecule has 0 radical (unpaired) electrons. The highest BCUT2D eigenvalue weighted by Crippen LogP contribution is 2.42. The second kappa shape index (κ2) is 6.62. The van der Waals surface area contributed by atoms with Crippen LogP contribution in [0.3, 0.4) is 0 Å². The van der Waals surface area contributed by atoms with Crippen molar-refractivity contribution in [2.24, 2.45) is 17.2 Å². The van der Waals surface area contributed by atoms with Crippen molar-refractivity contribution in [3.8, 4) is 5.69 Å². The van der Waals surface area contributed by atoms with Gasteiger partial charge in [-0.2, -0.15) is 0 Å². The van der Waals surface area contributed by atoms with Gasteiger partial charge in [0.25, 0.3) is 5.56 Å². The van der Waals surface area contributed by atoms with Crippen molar-refractivity contribution in [3.63, 3.8) is 0 Å². The summed E-state index contributed by atoms with van der Waals surface area (Å²) in [5, 5.41) is 1.19. The topological polar surface area (TPSA) is 72.9 Å². The molecule has 27 heavy (non-hydrogen) atoms. The Labute approximate surface area is 167 Å². The van der Waals surface area contributed by atoms with Gasteiger partial charge >= 0.3 is 0 Å². The van der Waals surface area contributed by atoms with Gasteiger partial charge in [-0.05, 0) is 48.3 Å². The summed E-state index contributed by atoms with van der Waals surface area (Å²) < 4.78 is 1.48. The number of hydrogen-bond donors (Lipinski definition) is 2. The van der Waals surface area contributed by atoms with Gasteiger partial charge in [0, 0.05) is 4.88 Å². The predicted octanol–water partition coefficient (Wildman–Crippen LogP) is 4.54. The van der Waals surface area contributed by atoms with Gasteiger partial charge in [0.2, 0.25) is 5.95 Å². The first kappa shape index (κ1) is 18.5. The number of para-hydroxylation sites is 1. The first-order chi connectivity index (χ1) is 12.8. The number of nitrogens with one attached hydrogen (secondary N) is 1.